The van der Waals surface area contributed by atoms with E-state index in [1.165, 1.54) is 23.8 Å². The van der Waals surface area contributed by atoms with Gasteiger partial charge in [-0.2, -0.15) is 0 Å². The van der Waals surface area contributed by atoms with Crippen molar-refractivity contribution in [1.82, 2.24) is 10.2 Å². The molecule has 1 atom stereocenters. The molecule has 0 amide bonds. The molecule has 0 saturated carbocycles. The summed E-state index contributed by atoms with van der Waals surface area (Å²) >= 11 is 0. The molecule has 0 bridgehead atoms. The lowest BCUT2D eigenvalue weighted by Crippen LogP contribution is -2.40. The first-order chi connectivity index (χ1) is 22.1. The summed E-state index contributed by atoms with van der Waals surface area (Å²) in [4.78, 5) is 55.2. The summed E-state index contributed by atoms with van der Waals surface area (Å²) < 4.78 is 11.5. The van der Waals surface area contributed by atoms with Gasteiger partial charge >= 0.3 is 11.9 Å². The molecule has 46 heavy (non-hydrogen) atoms. The summed E-state index contributed by atoms with van der Waals surface area (Å²) in [6.07, 6.45) is 3.13. The molecule has 0 aromatic heterocycles. The van der Waals surface area contributed by atoms with Crippen molar-refractivity contribution >= 4 is 17.6 Å². The van der Waals surface area contributed by atoms with E-state index in [2.05, 4.69) is 27.2 Å². The van der Waals surface area contributed by atoms with Gasteiger partial charge in [-0.25, -0.2) is 9.59 Å². The number of ether oxygens (including phenoxy) is 2. The number of rotatable bonds is 15. The van der Waals surface area contributed by atoms with Gasteiger partial charge in [0.05, 0.1) is 35.2 Å². The number of likely N-dealkylation sites (tertiary alicyclic amines) is 1. The first-order valence-electron chi connectivity index (χ1n) is 15.3. The molecule has 2 heterocycles. The van der Waals surface area contributed by atoms with Crippen LogP contribution in [0.1, 0.15) is 62.5 Å². The highest BCUT2D eigenvalue weighted by atomic mass is 16.9. The lowest BCUT2D eigenvalue weighted by Gasteiger charge is -2.34. The Balaban J connectivity index is 1.46. The molecule has 14 heteroatoms. The van der Waals surface area contributed by atoms with E-state index in [1.807, 2.05) is 18.2 Å². The second-order valence-electron chi connectivity index (χ2n) is 11.2. The third kappa shape index (κ3) is 9.27. The second-order valence-corrected chi connectivity index (χ2v) is 11.2. The van der Waals surface area contributed by atoms with Crippen LogP contribution in [-0.4, -0.2) is 59.3 Å². The Morgan fingerprint density at radius 2 is 1.63 bits per heavy atom. The van der Waals surface area contributed by atoms with Gasteiger partial charge in [-0.05, 0) is 50.2 Å². The highest BCUT2D eigenvalue weighted by molar-refractivity contribution is 6.00. The Labute approximate surface area is 266 Å². The third-order valence-electron chi connectivity index (χ3n) is 7.97. The molecule has 246 valence electrons. The number of carbonyl (C=O) groups is 2. The predicted molar refractivity (Wildman–Crippen MR) is 166 cm³/mol. The molecule has 3 N–H and O–H groups in total. The minimum absolute atomic E-state index is 0.00510. The van der Waals surface area contributed by atoms with E-state index in [0.29, 0.717) is 49.8 Å². The average Bonchev–Trinajstić information content (AvgIpc) is 3.03. The lowest BCUT2D eigenvalue weighted by molar-refractivity contribution is -0.757. The molecular formula is C32H39N5O9. The van der Waals surface area contributed by atoms with Gasteiger partial charge in [-0.15, -0.1) is 10.1 Å². The monoisotopic (exact) mass is 637 g/mol. The van der Waals surface area contributed by atoms with Crippen molar-refractivity contribution in [1.29, 1.82) is 0 Å². The summed E-state index contributed by atoms with van der Waals surface area (Å²) in [6.45, 7) is 3.93. The van der Waals surface area contributed by atoms with Crippen LogP contribution in [-0.2, 0) is 30.4 Å². The maximum atomic E-state index is 13.8. The number of allylic oxidation sites excluding steroid dienone is 1. The SMILES string of the molecule is CC1=C(C(=O)OCCCCCCO[N+](=O)[O-])C(c2cccc([N+](=O)[O-])c2)C(C(=O)OC2CCN(Cc3ccccc3)CC2)=C(N)N1. The molecule has 2 aromatic rings. The smallest absolute Gasteiger partial charge is 0.338 e. The minimum Gasteiger partial charge on any atom is -0.462 e. The van der Waals surface area contributed by atoms with Gasteiger partial charge in [0.2, 0.25) is 0 Å². The summed E-state index contributed by atoms with van der Waals surface area (Å²) in [5.41, 5.74) is 8.10. The van der Waals surface area contributed by atoms with Gasteiger partial charge in [0, 0.05) is 37.5 Å². The summed E-state index contributed by atoms with van der Waals surface area (Å²) in [7, 11) is 0. The number of benzene rings is 2. The number of nitro benzene ring substituents is 1. The van der Waals surface area contributed by atoms with Crippen LogP contribution in [0.15, 0.2) is 77.3 Å². The zero-order valence-electron chi connectivity index (χ0n) is 25.7. The molecule has 2 aliphatic rings. The molecule has 1 fully saturated rings. The molecule has 14 nitrogen and oxygen atoms in total. The Bertz CT molecular complexity index is 1470. The Morgan fingerprint density at radius 3 is 2.30 bits per heavy atom. The van der Waals surface area contributed by atoms with E-state index in [4.69, 9.17) is 15.2 Å². The van der Waals surface area contributed by atoms with Crippen LogP contribution in [0.25, 0.3) is 0 Å². The highest BCUT2D eigenvalue weighted by Gasteiger charge is 2.40. The molecule has 1 saturated heterocycles. The fourth-order valence-electron chi connectivity index (χ4n) is 5.68. The van der Waals surface area contributed by atoms with E-state index < -0.39 is 27.9 Å². The number of non-ortho nitro benzene ring substituents is 1. The molecule has 0 aliphatic carbocycles. The number of carbonyl (C=O) groups excluding carboxylic acids is 2. The number of hydrogen-bond acceptors (Lipinski definition) is 12. The number of dihydropyridines is 1. The highest BCUT2D eigenvalue weighted by Crippen LogP contribution is 2.40. The zero-order valence-corrected chi connectivity index (χ0v) is 25.7. The number of nitro groups is 1. The summed E-state index contributed by atoms with van der Waals surface area (Å²) in [6, 6.07) is 15.8. The molecular weight excluding hydrogens is 598 g/mol. The third-order valence-corrected chi connectivity index (χ3v) is 7.97. The van der Waals surface area contributed by atoms with Gasteiger partial charge < -0.3 is 25.4 Å². The van der Waals surface area contributed by atoms with Crippen LogP contribution in [0.2, 0.25) is 0 Å². The van der Waals surface area contributed by atoms with Crippen molar-refractivity contribution in [3.8, 4) is 0 Å². The van der Waals surface area contributed by atoms with Crippen LogP contribution >= 0.6 is 0 Å². The number of esters is 2. The topological polar surface area (TPSA) is 189 Å². The van der Waals surface area contributed by atoms with Crippen LogP contribution in [0, 0.1) is 20.2 Å². The lowest BCUT2D eigenvalue weighted by atomic mass is 9.81. The fraction of sp³-hybridized carbons (Fsp3) is 0.438. The van der Waals surface area contributed by atoms with Crippen molar-refractivity contribution in [3.63, 3.8) is 0 Å². The second kappa shape index (κ2) is 16.4. The van der Waals surface area contributed by atoms with Gasteiger partial charge in [0.25, 0.3) is 10.8 Å². The summed E-state index contributed by atoms with van der Waals surface area (Å²) in [5, 5.41) is 23.9. The molecule has 0 radical (unpaired) electrons. The van der Waals surface area contributed by atoms with Crippen LogP contribution in [0.3, 0.4) is 0 Å². The largest absolute Gasteiger partial charge is 0.462 e. The van der Waals surface area contributed by atoms with E-state index in [-0.39, 0.29) is 42.0 Å². The maximum Gasteiger partial charge on any atom is 0.338 e. The van der Waals surface area contributed by atoms with Crippen molar-refractivity contribution in [2.75, 3.05) is 26.3 Å². The number of unbranched alkanes of at least 4 members (excludes halogenated alkanes) is 3. The van der Waals surface area contributed by atoms with Gasteiger partial charge in [0.1, 0.15) is 11.9 Å². The number of nitrogens with zero attached hydrogens (tertiary/aromatic N) is 3. The summed E-state index contributed by atoms with van der Waals surface area (Å²) in [5.74, 6) is -2.49. The van der Waals surface area contributed by atoms with E-state index in [9.17, 15) is 29.8 Å². The van der Waals surface area contributed by atoms with E-state index in [0.717, 1.165) is 19.6 Å². The number of hydrogen-bond donors (Lipinski definition) is 2. The normalized spacial score (nSPS) is 17.3. The molecule has 0 spiro atoms. The number of nitrogens with one attached hydrogen (secondary N) is 1. The van der Waals surface area contributed by atoms with Crippen LogP contribution in [0.4, 0.5) is 5.69 Å². The van der Waals surface area contributed by atoms with Gasteiger partial charge in [-0.3, -0.25) is 15.0 Å². The first kappa shape index (κ1) is 33.9. The molecule has 4 rings (SSSR count). The van der Waals surface area contributed by atoms with Crippen LogP contribution in [0.5, 0.6) is 0 Å². The van der Waals surface area contributed by atoms with Gasteiger partial charge in [-0.1, -0.05) is 48.9 Å². The van der Waals surface area contributed by atoms with Crippen LogP contribution < -0.4 is 11.1 Å². The van der Waals surface area contributed by atoms with Crippen molar-refractivity contribution in [2.24, 2.45) is 5.73 Å². The zero-order chi connectivity index (χ0) is 33.1. The number of piperidine rings is 1. The maximum absolute atomic E-state index is 13.8. The quantitative estimate of drug-likeness (QED) is 0.122. The predicted octanol–water partition coefficient (Wildman–Crippen LogP) is 4.25. The fourth-order valence-corrected chi connectivity index (χ4v) is 5.68. The Morgan fingerprint density at radius 1 is 0.935 bits per heavy atom. The molecule has 2 aromatic carbocycles. The van der Waals surface area contributed by atoms with E-state index in [1.54, 1.807) is 13.0 Å². The van der Waals surface area contributed by atoms with E-state index >= 15 is 0 Å². The molecule has 1 unspecified atom stereocenters. The number of nitrogens with two attached hydrogens (primary N) is 1. The van der Waals surface area contributed by atoms with Crippen molar-refractivity contribution in [2.45, 2.75) is 64.0 Å². The Kier molecular flexibility index (Phi) is 12.1. The molecule has 2 aliphatic heterocycles. The van der Waals surface area contributed by atoms with Gasteiger partial charge in [0.15, 0.2) is 0 Å². The van der Waals surface area contributed by atoms with Crippen molar-refractivity contribution in [3.05, 3.63) is 109 Å². The minimum atomic E-state index is -1.07. The van der Waals surface area contributed by atoms with Crippen molar-refractivity contribution < 1.29 is 33.9 Å². The first-order valence-corrected chi connectivity index (χ1v) is 15.3. The standard InChI is InChI=1S/C32H39N5O9/c1-22-27(31(38)44-18-7-2-3-8-19-45-37(42)43)28(24-12-9-13-25(20-24)36(40)41)29(30(33)34-22)32(39)46-26-14-16-35(17-15-26)21-23-10-5-4-6-11-23/h4-6,9-13,20,26,28,34H,2-3,7-8,14-19,21,33H2,1H3. The average molecular weight is 638 g/mol. The Hall–Kier alpha value is -4.98.